The van der Waals surface area contributed by atoms with E-state index in [0.717, 1.165) is 10.4 Å². The molecule has 1 aliphatic rings. The van der Waals surface area contributed by atoms with Crippen LogP contribution in [0.3, 0.4) is 0 Å². The highest BCUT2D eigenvalue weighted by Crippen LogP contribution is 2.37. The fourth-order valence-corrected chi connectivity index (χ4v) is 3.24. The van der Waals surface area contributed by atoms with Crippen LogP contribution in [0.4, 0.5) is 0 Å². The van der Waals surface area contributed by atoms with Gasteiger partial charge in [-0.1, -0.05) is 58.7 Å². The number of rotatable bonds is 3. The molecule has 104 valence electrons. The second-order valence-electron chi connectivity index (χ2n) is 5.73. The molecule has 2 heteroatoms. The number of hydrogen-bond donors (Lipinski definition) is 1. The molecule has 20 heavy (non-hydrogen) atoms. The third kappa shape index (κ3) is 2.55. The molecular weight excluding hydrogens is 310 g/mol. The Labute approximate surface area is 129 Å². The van der Waals surface area contributed by atoms with Gasteiger partial charge in [0.05, 0.1) is 6.04 Å². The first-order valence-electron chi connectivity index (χ1n) is 7.27. The highest BCUT2D eigenvalue weighted by atomic mass is 79.9. The van der Waals surface area contributed by atoms with Crippen LogP contribution in [-0.4, -0.2) is 0 Å². The van der Waals surface area contributed by atoms with Gasteiger partial charge in [-0.2, -0.15) is 0 Å². The molecular formula is C18H20BrN. The number of benzene rings is 2. The molecule has 0 aliphatic heterocycles. The van der Waals surface area contributed by atoms with Crippen LogP contribution in [0.5, 0.6) is 0 Å². The van der Waals surface area contributed by atoms with Gasteiger partial charge in [0.15, 0.2) is 0 Å². The van der Waals surface area contributed by atoms with Crippen molar-refractivity contribution < 1.29 is 0 Å². The molecule has 1 unspecified atom stereocenters. The van der Waals surface area contributed by atoms with Crippen molar-refractivity contribution in [3.63, 3.8) is 0 Å². The minimum atomic E-state index is -0.0528. The molecule has 1 aliphatic carbocycles. The third-order valence-electron chi connectivity index (χ3n) is 4.52. The molecule has 1 fully saturated rings. The lowest BCUT2D eigenvalue weighted by atomic mass is 9.79. The summed E-state index contributed by atoms with van der Waals surface area (Å²) in [5, 5.41) is 0. The molecule has 2 aromatic carbocycles. The zero-order chi connectivity index (χ0) is 14.1. The smallest absolute Gasteiger partial charge is 0.0554 e. The Morgan fingerprint density at radius 2 is 1.80 bits per heavy atom. The first-order chi connectivity index (χ1) is 9.66. The average molecular weight is 330 g/mol. The maximum Gasteiger partial charge on any atom is 0.0554 e. The van der Waals surface area contributed by atoms with E-state index in [1.807, 2.05) is 0 Å². The minimum absolute atomic E-state index is 0.0528. The van der Waals surface area contributed by atoms with E-state index in [0.29, 0.717) is 0 Å². The zero-order valence-corrected chi connectivity index (χ0v) is 13.4. The zero-order valence-electron chi connectivity index (χ0n) is 11.8. The molecule has 2 N–H and O–H groups in total. The highest BCUT2D eigenvalue weighted by molar-refractivity contribution is 9.10. The Morgan fingerprint density at radius 1 is 1.10 bits per heavy atom. The lowest BCUT2D eigenvalue weighted by Crippen LogP contribution is -2.14. The second kappa shape index (κ2) is 5.71. The van der Waals surface area contributed by atoms with Crippen molar-refractivity contribution in [1.29, 1.82) is 0 Å². The Kier molecular flexibility index (Phi) is 3.95. The number of hydrogen-bond acceptors (Lipinski definition) is 1. The Bertz CT molecular complexity index is 599. The van der Waals surface area contributed by atoms with E-state index in [2.05, 4.69) is 65.3 Å². The second-order valence-corrected chi connectivity index (χ2v) is 6.58. The van der Waals surface area contributed by atoms with Gasteiger partial charge in [-0.3, -0.25) is 0 Å². The average Bonchev–Trinajstić information content (AvgIpc) is 2.40. The van der Waals surface area contributed by atoms with Gasteiger partial charge in [0.1, 0.15) is 0 Å². The molecule has 1 saturated carbocycles. The number of nitrogens with two attached hydrogens (primary N) is 1. The molecule has 0 radical (unpaired) electrons. The van der Waals surface area contributed by atoms with Gasteiger partial charge in [0.25, 0.3) is 0 Å². The lowest BCUT2D eigenvalue weighted by molar-refractivity contribution is 0.419. The van der Waals surface area contributed by atoms with Crippen molar-refractivity contribution in [2.45, 2.75) is 38.1 Å². The standard InChI is InChI=1S/C18H20BrN/c1-12-16(6-3-7-17(12)19)18(20)15-10-8-14(9-11-15)13-4-2-5-13/h3,6-11,13,18H,2,4-5,20H2,1H3. The van der Waals surface area contributed by atoms with Gasteiger partial charge in [0.2, 0.25) is 0 Å². The van der Waals surface area contributed by atoms with E-state index in [1.165, 1.54) is 41.5 Å². The van der Waals surface area contributed by atoms with E-state index in [9.17, 15) is 0 Å². The Morgan fingerprint density at radius 3 is 2.40 bits per heavy atom. The van der Waals surface area contributed by atoms with Crippen LogP contribution in [0.1, 0.15) is 53.5 Å². The fourth-order valence-electron chi connectivity index (χ4n) is 2.86. The van der Waals surface area contributed by atoms with Crippen molar-refractivity contribution in [2.24, 2.45) is 5.73 Å². The van der Waals surface area contributed by atoms with Gasteiger partial charge in [-0.15, -0.1) is 0 Å². The molecule has 1 nitrogen and oxygen atoms in total. The summed E-state index contributed by atoms with van der Waals surface area (Å²) in [5.41, 5.74) is 11.5. The third-order valence-corrected chi connectivity index (χ3v) is 5.38. The van der Waals surface area contributed by atoms with Crippen molar-refractivity contribution in [1.82, 2.24) is 0 Å². The summed E-state index contributed by atoms with van der Waals surface area (Å²) in [4.78, 5) is 0. The molecule has 3 rings (SSSR count). The normalized spacial score (nSPS) is 16.8. The van der Waals surface area contributed by atoms with Crippen molar-refractivity contribution >= 4 is 15.9 Å². The summed E-state index contributed by atoms with van der Waals surface area (Å²) in [6.45, 7) is 2.11. The summed E-state index contributed by atoms with van der Waals surface area (Å²) in [5.74, 6) is 0.785. The Hall–Kier alpha value is -1.12. The molecule has 0 aromatic heterocycles. The summed E-state index contributed by atoms with van der Waals surface area (Å²) in [7, 11) is 0. The predicted octanol–water partition coefficient (Wildman–Crippen LogP) is 5.07. The quantitative estimate of drug-likeness (QED) is 0.835. The maximum atomic E-state index is 6.44. The van der Waals surface area contributed by atoms with E-state index in [1.54, 1.807) is 0 Å². The van der Waals surface area contributed by atoms with Crippen LogP contribution in [-0.2, 0) is 0 Å². The van der Waals surface area contributed by atoms with E-state index in [-0.39, 0.29) is 6.04 Å². The van der Waals surface area contributed by atoms with Gasteiger partial charge in [0, 0.05) is 4.47 Å². The SMILES string of the molecule is Cc1c(Br)cccc1C(N)c1ccc(C2CCC2)cc1. The number of halogens is 1. The summed E-state index contributed by atoms with van der Waals surface area (Å²) in [6.07, 6.45) is 4.06. The summed E-state index contributed by atoms with van der Waals surface area (Å²) >= 11 is 3.58. The van der Waals surface area contributed by atoms with Gasteiger partial charge in [-0.25, -0.2) is 0 Å². The molecule has 0 amide bonds. The minimum Gasteiger partial charge on any atom is -0.320 e. The van der Waals surface area contributed by atoms with Gasteiger partial charge < -0.3 is 5.73 Å². The maximum absolute atomic E-state index is 6.44. The first-order valence-corrected chi connectivity index (χ1v) is 8.06. The van der Waals surface area contributed by atoms with E-state index < -0.39 is 0 Å². The molecule has 0 spiro atoms. The fraction of sp³-hybridized carbons (Fsp3) is 0.333. The molecule has 0 heterocycles. The van der Waals surface area contributed by atoms with Gasteiger partial charge in [-0.05, 0) is 54.0 Å². The van der Waals surface area contributed by atoms with Crippen LogP contribution in [0, 0.1) is 6.92 Å². The monoisotopic (exact) mass is 329 g/mol. The van der Waals surface area contributed by atoms with Gasteiger partial charge >= 0.3 is 0 Å². The molecule has 2 aromatic rings. The van der Waals surface area contributed by atoms with Crippen LogP contribution in [0.25, 0.3) is 0 Å². The van der Waals surface area contributed by atoms with E-state index in [4.69, 9.17) is 5.73 Å². The summed E-state index contributed by atoms with van der Waals surface area (Å²) < 4.78 is 1.12. The van der Waals surface area contributed by atoms with Crippen LogP contribution in [0.2, 0.25) is 0 Å². The molecule has 0 saturated heterocycles. The highest BCUT2D eigenvalue weighted by Gasteiger charge is 2.20. The predicted molar refractivity (Wildman–Crippen MR) is 87.9 cm³/mol. The largest absolute Gasteiger partial charge is 0.320 e. The van der Waals surface area contributed by atoms with Crippen molar-refractivity contribution in [2.75, 3.05) is 0 Å². The van der Waals surface area contributed by atoms with E-state index >= 15 is 0 Å². The van der Waals surface area contributed by atoms with Crippen LogP contribution < -0.4 is 5.73 Å². The first kappa shape index (κ1) is 13.8. The van der Waals surface area contributed by atoms with Crippen LogP contribution >= 0.6 is 15.9 Å². The topological polar surface area (TPSA) is 26.0 Å². The van der Waals surface area contributed by atoms with Crippen molar-refractivity contribution in [3.05, 3.63) is 69.2 Å². The summed E-state index contributed by atoms with van der Waals surface area (Å²) in [6, 6.07) is 15.1. The Balaban J connectivity index is 1.86. The molecule has 0 bridgehead atoms. The molecule has 1 atom stereocenters. The van der Waals surface area contributed by atoms with Crippen LogP contribution in [0.15, 0.2) is 46.9 Å². The van der Waals surface area contributed by atoms with Crippen molar-refractivity contribution in [3.8, 4) is 0 Å². The lowest BCUT2D eigenvalue weighted by Gasteiger charge is -2.26.